The van der Waals surface area contributed by atoms with E-state index in [2.05, 4.69) is 15.3 Å². The quantitative estimate of drug-likeness (QED) is 0.668. The summed E-state index contributed by atoms with van der Waals surface area (Å²) in [7, 11) is 0. The average Bonchev–Trinajstić information content (AvgIpc) is 2.50. The van der Waals surface area contributed by atoms with Gasteiger partial charge in [0.25, 0.3) is 0 Å². The Bertz CT molecular complexity index is 384. The van der Waals surface area contributed by atoms with Gasteiger partial charge in [0.15, 0.2) is 5.65 Å². The first-order valence-corrected chi connectivity index (χ1v) is 3.67. The van der Waals surface area contributed by atoms with Crippen molar-refractivity contribution >= 4 is 11.2 Å². The van der Waals surface area contributed by atoms with Gasteiger partial charge in [0.1, 0.15) is 5.52 Å². The Hall–Kier alpha value is -1.49. The predicted molar refractivity (Wildman–Crippen MR) is 42.4 cm³/mol. The SMILES string of the molecule is OCCn1nnc2cccnc21. The molecule has 5 nitrogen and oxygen atoms in total. The zero-order valence-electron chi connectivity index (χ0n) is 6.38. The van der Waals surface area contributed by atoms with Crippen molar-refractivity contribution in [2.75, 3.05) is 6.61 Å². The van der Waals surface area contributed by atoms with Gasteiger partial charge < -0.3 is 5.11 Å². The molecular weight excluding hydrogens is 156 g/mol. The molecule has 62 valence electrons. The van der Waals surface area contributed by atoms with E-state index < -0.39 is 0 Å². The number of pyridine rings is 1. The first-order chi connectivity index (χ1) is 5.92. The molecule has 0 saturated carbocycles. The molecule has 0 radical (unpaired) electrons. The topological polar surface area (TPSA) is 63.8 Å². The molecule has 2 heterocycles. The van der Waals surface area contributed by atoms with Gasteiger partial charge in [-0.1, -0.05) is 5.21 Å². The molecule has 0 fully saturated rings. The number of hydrogen-bond acceptors (Lipinski definition) is 4. The molecule has 0 saturated heterocycles. The molecule has 0 bridgehead atoms. The molecule has 0 aromatic carbocycles. The molecule has 0 aliphatic rings. The Kier molecular flexibility index (Phi) is 1.71. The highest BCUT2D eigenvalue weighted by molar-refractivity contribution is 5.68. The van der Waals surface area contributed by atoms with Crippen molar-refractivity contribution in [3.05, 3.63) is 18.3 Å². The van der Waals surface area contributed by atoms with E-state index in [1.165, 1.54) is 0 Å². The second-order valence-electron chi connectivity index (χ2n) is 2.38. The molecule has 0 aliphatic carbocycles. The fourth-order valence-corrected chi connectivity index (χ4v) is 1.06. The van der Waals surface area contributed by atoms with Crippen LogP contribution in [0.3, 0.4) is 0 Å². The molecule has 0 unspecified atom stereocenters. The predicted octanol–water partition coefficient (Wildman–Crippen LogP) is -0.181. The van der Waals surface area contributed by atoms with Crippen molar-refractivity contribution in [3.8, 4) is 0 Å². The molecule has 2 aromatic rings. The van der Waals surface area contributed by atoms with Crippen molar-refractivity contribution in [2.24, 2.45) is 0 Å². The van der Waals surface area contributed by atoms with Crippen LogP contribution in [0.1, 0.15) is 0 Å². The van der Waals surface area contributed by atoms with Crippen molar-refractivity contribution < 1.29 is 5.11 Å². The van der Waals surface area contributed by atoms with Crippen LogP contribution < -0.4 is 0 Å². The molecule has 2 rings (SSSR count). The van der Waals surface area contributed by atoms with Gasteiger partial charge in [-0.2, -0.15) is 0 Å². The molecule has 1 N–H and O–H groups in total. The summed E-state index contributed by atoms with van der Waals surface area (Å²) in [5, 5.41) is 16.4. The van der Waals surface area contributed by atoms with Crippen LogP contribution in [0, 0.1) is 0 Å². The molecule has 0 amide bonds. The van der Waals surface area contributed by atoms with E-state index in [1.807, 2.05) is 6.07 Å². The zero-order chi connectivity index (χ0) is 8.39. The molecule has 0 aliphatic heterocycles. The Labute approximate surface area is 68.7 Å². The van der Waals surface area contributed by atoms with Gasteiger partial charge >= 0.3 is 0 Å². The highest BCUT2D eigenvalue weighted by atomic mass is 16.3. The van der Waals surface area contributed by atoms with Gasteiger partial charge in [0, 0.05) is 6.20 Å². The van der Waals surface area contributed by atoms with Crippen LogP contribution in [0.5, 0.6) is 0 Å². The number of hydrogen-bond donors (Lipinski definition) is 1. The minimum Gasteiger partial charge on any atom is -0.394 e. The minimum atomic E-state index is 0.0506. The summed E-state index contributed by atoms with van der Waals surface area (Å²) >= 11 is 0. The highest BCUT2D eigenvalue weighted by Gasteiger charge is 2.02. The fraction of sp³-hybridized carbons (Fsp3) is 0.286. The second-order valence-corrected chi connectivity index (χ2v) is 2.38. The van der Waals surface area contributed by atoms with E-state index in [0.717, 1.165) is 5.52 Å². The van der Waals surface area contributed by atoms with Crippen molar-refractivity contribution in [3.63, 3.8) is 0 Å². The lowest BCUT2D eigenvalue weighted by molar-refractivity contribution is 0.270. The van der Waals surface area contributed by atoms with Gasteiger partial charge in [-0.3, -0.25) is 0 Å². The lowest BCUT2D eigenvalue weighted by Crippen LogP contribution is -2.04. The summed E-state index contributed by atoms with van der Waals surface area (Å²) in [6.45, 7) is 0.489. The number of aromatic nitrogens is 4. The third-order valence-corrected chi connectivity index (χ3v) is 1.58. The van der Waals surface area contributed by atoms with E-state index in [0.29, 0.717) is 12.2 Å². The van der Waals surface area contributed by atoms with E-state index in [1.54, 1.807) is 16.9 Å². The largest absolute Gasteiger partial charge is 0.394 e. The van der Waals surface area contributed by atoms with Gasteiger partial charge in [-0.15, -0.1) is 5.10 Å². The molecule has 2 aromatic heterocycles. The van der Waals surface area contributed by atoms with E-state index in [4.69, 9.17) is 5.11 Å². The van der Waals surface area contributed by atoms with E-state index in [9.17, 15) is 0 Å². The molecule has 12 heavy (non-hydrogen) atoms. The van der Waals surface area contributed by atoms with Crippen LogP contribution in [0.15, 0.2) is 18.3 Å². The maximum absolute atomic E-state index is 8.68. The highest BCUT2D eigenvalue weighted by Crippen LogP contribution is 2.04. The van der Waals surface area contributed by atoms with Crippen LogP contribution in [0.25, 0.3) is 11.2 Å². The van der Waals surface area contributed by atoms with Crippen molar-refractivity contribution in [2.45, 2.75) is 6.54 Å². The Morgan fingerprint density at radius 3 is 3.25 bits per heavy atom. The van der Waals surface area contributed by atoms with Crippen LogP contribution >= 0.6 is 0 Å². The lowest BCUT2D eigenvalue weighted by atomic mass is 10.4. The summed E-state index contributed by atoms with van der Waals surface area (Å²) in [5.74, 6) is 0. The minimum absolute atomic E-state index is 0.0506. The van der Waals surface area contributed by atoms with Gasteiger partial charge in [0.05, 0.1) is 13.2 Å². The number of aliphatic hydroxyl groups excluding tert-OH is 1. The number of aliphatic hydroxyl groups is 1. The van der Waals surface area contributed by atoms with Crippen molar-refractivity contribution in [1.29, 1.82) is 0 Å². The summed E-state index contributed by atoms with van der Waals surface area (Å²) < 4.78 is 1.58. The molecule has 5 heteroatoms. The number of rotatable bonds is 2. The Morgan fingerprint density at radius 1 is 1.50 bits per heavy atom. The maximum atomic E-state index is 8.68. The fourth-order valence-electron chi connectivity index (χ4n) is 1.06. The third-order valence-electron chi connectivity index (χ3n) is 1.58. The first kappa shape index (κ1) is 7.17. The smallest absolute Gasteiger partial charge is 0.178 e. The summed E-state index contributed by atoms with van der Waals surface area (Å²) in [6, 6.07) is 3.64. The second kappa shape index (κ2) is 2.86. The van der Waals surface area contributed by atoms with Crippen LogP contribution in [0.4, 0.5) is 0 Å². The van der Waals surface area contributed by atoms with Crippen LogP contribution in [-0.2, 0) is 6.54 Å². The van der Waals surface area contributed by atoms with Crippen molar-refractivity contribution in [1.82, 2.24) is 20.0 Å². The lowest BCUT2D eigenvalue weighted by Gasteiger charge is -1.95. The van der Waals surface area contributed by atoms with E-state index in [-0.39, 0.29) is 6.61 Å². The van der Waals surface area contributed by atoms with Gasteiger partial charge in [-0.05, 0) is 12.1 Å². The summed E-state index contributed by atoms with van der Waals surface area (Å²) in [4.78, 5) is 4.09. The normalized spacial score (nSPS) is 10.8. The van der Waals surface area contributed by atoms with Gasteiger partial charge in [-0.25, -0.2) is 9.67 Å². The average molecular weight is 164 g/mol. The zero-order valence-corrected chi connectivity index (χ0v) is 6.38. The monoisotopic (exact) mass is 164 g/mol. The molecule has 0 spiro atoms. The number of nitrogens with zero attached hydrogens (tertiary/aromatic N) is 4. The van der Waals surface area contributed by atoms with Crippen LogP contribution in [-0.4, -0.2) is 31.7 Å². The molecular formula is C7H8N4O. The maximum Gasteiger partial charge on any atom is 0.178 e. The summed E-state index contributed by atoms with van der Waals surface area (Å²) in [5.41, 5.74) is 1.47. The number of fused-ring (bicyclic) bond motifs is 1. The van der Waals surface area contributed by atoms with E-state index >= 15 is 0 Å². The third kappa shape index (κ3) is 1.04. The first-order valence-electron chi connectivity index (χ1n) is 3.67. The Morgan fingerprint density at radius 2 is 2.42 bits per heavy atom. The standard InChI is InChI=1S/C7H8N4O/c12-5-4-11-7-6(9-10-11)2-1-3-8-7/h1-3,12H,4-5H2. The van der Waals surface area contributed by atoms with Crippen LogP contribution in [0.2, 0.25) is 0 Å². The Balaban J connectivity index is 2.55. The van der Waals surface area contributed by atoms with Gasteiger partial charge in [0.2, 0.25) is 0 Å². The molecule has 0 atom stereocenters. The summed E-state index contributed by atoms with van der Waals surface area (Å²) in [6.07, 6.45) is 1.68.